The second kappa shape index (κ2) is 5.02. The molecular weight excluding hydrogens is 266 g/mol. The van der Waals surface area contributed by atoms with Gasteiger partial charge in [-0.05, 0) is 36.8 Å². The SMILES string of the molecule is CCc1nc(C(F)F)ccc1SC1CC2(CNC2)C1. The summed E-state index contributed by atoms with van der Waals surface area (Å²) in [4.78, 5) is 5.17. The van der Waals surface area contributed by atoms with Crippen molar-refractivity contribution in [3.05, 3.63) is 23.5 Å². The van der Waals surface area contributed by atoms with Crippen LogP contribution in [0.5, 0.6) is 0 Å². The maximum atomic E-state index is 12.6. The van der Waals surface area contributed by atoms with E-state index in [4.69, 9.17) is 0 Å². The van der Waals surface area contributed by atoms with Gasteiger partial charge in [-0.25, -0.2) is 8.78 Å². The second-order valence-electron chi connectivity index (χ2n) is 5.59. The van der Waals surface area contributed by atoms with Crippen molar-refractivity contribution >= 4 is 11.8 Å². The molecule has 1 aliphatic carbocycles. The third-order valence-electron chi connectivity index (χ3n) is 4.13. The lowest BCUT2D eigenvalue weighted by atomic mass is 9.64. The summed E-state index contributed by atoms with van der Waals surface area (Å²) in [6.45, 7) is 4.26. The molecule has 5 heteroatoms. The van der Waals surface area contributed by atoms with Gasteiger partial charge < -0.3 is 5.32 Å². The molecule has 1 aliphatic heterocycles. The van der Waals surface area contributed by atoms with Gasteiger partial charge in [-0.15, -0.1) is 11.8 Å². The molecule has 0 amide bonds. The highest BCUT2D eigenvalue weighted by molar-refractivity contribution is 8.00. The fourth-order valence-electron chi connectivity index (χ4n) is 2.92. The number of hydrogen-bond donors (Lipinski definition) is 1. The molecule has 1 spiro atoms. The number of nitrogens with zero attached hydrogens (tertiary/aromatic N) is 1. The topological polar surface area (TPSA) is 24.9 Å². The monoisotopic (exact) mass is 284 g/mol. The smallest absolute Gasteiger partial charge is 0.280 e. The molecule has 1 saturated carbocycles. The van der Waals surface area contributed by atoms with Gasteiger partial charge in [0.05, 0.1) is 5.69 Å². The molecule has 0 bridgehead atoms. The Kier molecular flexibility index (Phi) is 3.52. The van der Waals surface area contributed by atoms with Gasteiger partial charge in [-0.2, -0.15) is 0 Å². The van der Waals surface area contributed by atoms with Crippen LogP contribution in [0.25, 0.3) is 0 Å². The van der Waals surface area contributed by atoms with E-state index >= 15 is 0 Å². The van der Waals surface area contributed by atoms with E-state index in [1.165, 1.54) is 18.9 Å². The lowest BCUT2D eigenvalue weighted by molar-refractivity contribution is 0.0675. The first-order chi connectivity index (χ1) is 9.12. The zero-order valence-electron chi connectivity index (χ0n) is 11.0. The van der Waals surface area contributed by atoms with E-state index < -0.39 is 6.43 Å². The molecule has 0 unspecified atom stereocenters. The molecule has 2 aliphatic rings. The Morgan fingerprint density at radius 2 is 2.16 bits per heavy atom. The zero-order chi connectivity index (χ0) is 13.5. The molecule has 19 heavy (non-hydrogen) atoms. The third kappa shape index (κ3) is 2.50. The van der Waals surface area contributed by atoms with Gasteiger partial charge in [-0.1, -0.05) is 6.92 Å². The molecule has 0 radical (unpaired) electrons. The number of pyridine rings is 1. The molecule has 2 fully saturated rings. The minimum atomic E-state index is -2.47. The Morgan fingerprint density at radius 1 is 1.42 bits per heavy atom. The number of halogens is 2. The van der Waals surface area contributed by atoms with Crippen LogP contribution in [0.4, 0.5) is 8.78 Å². The number of hydrogen-bond acceptors (Lipinski definition) is 3. The highest BCUT2D eigenvalue weighted by Gasteiger charge is 2.48. The molecule has 0 atom stereocenters. The summed E-state index contributed by atoms with van der Waals surface area (Å²) >= 11 is 1.82. The molecule has 104 valence electrons. The van der Waals surface area contributed by atoms with E-state index in [0.29, 0.717) is 17.1 Å². The first kappa shape index (κ1) is 13.3. The normalized spacial score (nSPS) is 21.5. The highest BCUT2D eigenvalue weighted by atomic mass is 32.2. The molecule has 2 heterocycles. The van der Waals surface area contributed by atoms with Gasteiger partial charge >= 0.3 is 0 Å². The summed E-state index contributed by atoms with van der Waals surface area (Å²) in [5.41, 5.74) is 1.27. The van der Waals surface area contributed by atoms with Crippen molar-refractivity contribution in [2.24, 2.45) is 5.41 Å². The van der Waals surface area contributed by atoms with Crippen molar-refractivity contribution < 1.29 is 8.78 Å². The first-order valence-electron chi connectivity index (χ1n) is 6.77. The molecule has 1 aromatic heterocycles. The fourth-order valence-corrected chi connectivity index (χ4v) is 4.63. The van der Waals surface area contributed by atoms with Crippen LogP contribution in [0.3, 0.4) is 0 Å². The predicted octanol–water partition coefficient (Wildman–Crippen LogP) is 3.43. The van der Waals surface area contributed by atoms with E-state index in [1.807, 2.05) is 24.8 Å². The number of nitrogens with one attached hydrogen (secondary N) is 1. The molecule has 1 aromatic rings. The van der Waals surface area contributed by atoms with Gasteiger partial charge in [0.1, 0.15) is 5.69 Å². The van der Waals surface area contributed by atoms with Crippen molar-refractivity contribution in [1.82, 2.24) is 10.3 Å². The molecular formula is C14H18F2N2S. The van der Waals surface area contributed by atoms with Crippen LogP contribution >= 0.6 is 11.8 Å². The van der Waals surface area contributed by atoms with Crippen molar-refractivity contribution in [2.45, 2.75) is 42.8 Å². The number of thioether (sulfide) groups is 1. The predicted molar refractivity (Wildman–Crippen MR) is 72.8 cm³/mol. The maximum Gasteiger partial charge on any atom is 0.280 e. The van der Waals surface area contributed by atoms with Gasteiger partial charge in [0, 0.05) is 23.2 Å². The van der Waals surface area contributed by atoms with E-state index in [-0.39, 0.29) is 5.69 Å². The number of aryl methyl sites for hydroxylation is 1. The van der Waals surface area contributed by atoms with Crippen molar-refractivity contribution in [3.63, 3.8) is 0 Å². The van der Waals surface area contributed by atoms with Crippen molar-refractivity contribution in [3.8, 4) is 0 Å². The Bertz CT molecular complexity index is 467. The lowest BCUT2D eigenvalue weighted by Gasteiger charge is -2.54. The summed E-state index contributed by atoms with van der Waals surface area (Å²) < 4.78 is 25.3. The standard InChI is InChI=1S/C14H18F2N2S/c1-2-10-12(4-3-11(18-10)13(15)16)19-9-5-14(6-9)7-17-8-14/h3-4,9,13,17H,2,5-8H2,1H3. The summed E-state index contributed by atoms with van der Waals surface area (Å²) in [7, 11) is 0. The van der Waals surface area contributed by atoms with Crippen LogP contribution in [0.15, 0.2) is 17.0 Å². The molecule has 2 nitrogen and oxygen atoms in total. The van der Waals surface area contributed by atoms with Gasteiger partial charge in [0.25, 0.3) is 6.43 Å². The van der Waals surface area contributed by atoms with Crippen LogP contribution in [0.2, 0.25) is 0 Å². The van der Waals surface area contributed by atoms with E-state index in [2.05, 4.69) is 10.3 Å². The van der Waals surface area contributed by atoms with Crippen LogP contribution in [-0.2, 0) is 6.42 Å². The van der Waals surface area contributed by atoms with Crippen molar-refractivity contribution in [2.75, 3.05) is 13.1 Å². The van der Waals surface area contributed by atoms with Crippen LogP contribution in [0, 0.1) is 5.41 Å². The molecule has 1 saturated heterocycles. The van der Waals surface area contributed by atoms with Gasteiger partial charge in [-0.3, -0.25) is 4.98 Å². The van der Waals surface area contributed by atoms with E-state index in [0.717, 1.165) is 23.7 Å². The quantitative estimate of drug-likeness (QED) is 0.917. The average molecular weight is 284 g/mol. The van der Waals surface area contributed by atoms with Crippen LogP contribution in [0.1, 0.15) is 37.6 Å². The van der Waals surface area contributed by atoms with Crippen LogP contribution < -0.4 is 5.32 Å². The summed E-state index contributed by atoms with van der Waals surface area (Å²) in [6, 6.07) is 3.29. The molecule has 0 aromatic carbocycles. The average Bonchev–Trinajstić information content (AvgIpc) is 2.30. The minimum absolute atomic E-state index is 0.102. The molecule has 1 N–H and O–H groups in total. The highest BCUT2D eigenvalue weighted by Crippen LogP contribution is 2.51. The third-order valence-corrected chi connectivity index (χ3v) is 5.42. The Hall–Kier alpha value is -0.680. The second-order valence-corrected chi connectivity index (χ2v) is 6.93. The molecule has 3 rings (SSSR count). The van der Waals surface area contributed by atoms with Crippen LogP contribution in [-0.4, -0.2) is 23.3 Å². The zero-order valence-corrected chi connectivity index (χ0v) is 11.8. The van der Waals surface area contributed by atoms with E-state index in [1.54, 1.807) is 0 Å². The van der Waals surface area contributed by atoms with Crippen molar-refractivity contribution in [1.29, 1.82) is 0 Å². The Labute approximate surface area is 116 Å². The Balaban J connectivity index is 1.67. The lowest BCUT2D eigenvalue weighted by Crippen LogP contribution is -2.61. The largest absolute Gasteiger partial charge is 0.316 e. The fraction of sp³-hybridized carbons (Fsp3) is 0.643. The van der Waals surface area contributed by atoms with E-state index in [9.17, 15) is 8.78 Å². The van der Waals surface area contributed by atoms with Gasteiger partial charge in [0.15, 0.2) is 0 Å². The number of aromatic nitrogens is 1. The minimum Gasteiger partial charge on any atom is -0.316 e. The number of alkyl halides is 2. The summed E-state index contributed by atoms with van der Waals surface area (Å²) in [5, 5.41) is 3.96. The number of rotatable bonds is 4. The summed E-state index contributed by atoms with van der Waals surface area (Å²) in [5.74, 6) is 0. The van der Waals surface area contributed by atoms with Gasteiger partial charge in [0.2, 0.25) is 0 Å². The summed E-state index contributed by atoms with van der Waals surface area (Å²) in [6.07, 6.45) is 0.717. The Morgan fingerprint density at radius 3 is 2.68 bits per heavy atom. The first-order valence-corrected chi connectivity index (χ1v) is 7.65. The maximum absolute atomic E-state index is 12.6.